The molecule has 10 heteroatoms. The van der Waals surface area contributed by atoms with E-state index in [9.17, 15) is 39.6 Å². The van der Waals surface area contributed by atoms with E-state index in [0.29, 0.717) is 0 Å². The number of phenols is 2. The Morgan fingerprint density at radius 2 is 1.23 bits per heavy atom. The number of hydrogen-bond donors (Lipinski definition) is 6. The molecule has 0 aliphatic carbocycles. The summed E-state index contributed by atoms with van der Waals surface area (Å²) in [5.74, 6) is -9.94. The average molecular weight is 370 g/mol. The quantitative estimate of drug-likeness (QED) is 0.348. The normalized spacial score (nSPS) is 12.9. The van der Waals surface area contributed by atoms with Gasteiger partial charge in [-0.1, -0.05) is 6.07 Å². The minimum atomic E-state index is -1.58. The van der Waals surface area contributed by atoms with E-state index in [-0.39, 0.29) is 12.0 Å². The Morgan fingerprint density at radius 3 is 1.65 bits per heavy atom. The number of phenolic OH excluding ortho intramolecular Hbond substituents is 2. The van der Waals surface area contributed by atoms with Gasteiger partial charge in [0.1, 0.15) is 11.5 Å². The summed E-state index contributed by atoms with van der Waals surface area (Å²) >= 11 is 0. The number of carboxylic acid groups (broad SMARTS) is 4. The molecule has 1 rings (SSSR count). The smallest absolute Gasteiger partial charge is 0.311 e. The zero-order valence-electron chi connectivity index (χ0n) is 13.5. The Balaban J connectivity index is 3.39. The first-order chi connectivity index (χ1) is 12.1. The second-order valence-corrected chi connectivity index (χ2v) is 5.58. The van der Waals surface area contributed by atoms with Crippen LogP contribution in [-0.2, 0) is 19.2 Å². The van der Waals surface area contributed by atoms with Gasteiger partial charge in [0.25, 0.3) is 0 Å². The molecule has 0 saturated carbocycles. The number of aromatic hydroxyl groups is 2. The van der Waals surface area contributed by atoms with E-state index < -0.39 is 72.0 Å². The SMILES string of the molecule is O=C(O)CCC(C(=O)O)c1ccc(O)c(C(CCC(=O)O)C(=O)O)c1O. The third-order valence-electron chi connectivity index (χ3n) is 3.84. The van der Waals surface area contributed by atoms with Crippen LogP contribution in [0, 0.1) is 0 Å². The highest BCUT2D eigenvalue weighted by atomic mass is 16.4. The molecular weight excluding hydrogens is 352 g/mol. The fourth-order valence-electron chi connectivity index (χ4n) is 2.58. The fourth-order valence-corrected chi connectivity index (χ4v) is 2.58. The lowest BCUT2D eigenvalue weighted by molar-refractivity contribution is -0.142. The van der Waals surface area contributed by atoms with E-state index in [1.807, 2.05) is 0 Å². The summed E-state index contributed by atoms with van der Waals surface area (Å²) in [6.45, 7) is 0. The van der Waals surface area contributed by atoms with E-state index in [2.05, 4.69) is 0 Å². The minimum Gasteiger partial charge on any atom is -0.508 e. The number of carbonyl (C=O) groups is 4. The van der Waals surface area contributed by atoms with Crippen molar-refractivity contribution >= 4 is 23.9 Å². The van der Waals surface area contributed by atoms with Crippen molar-refractivity contribution in [3.63, 3.8) is 0 Å². The zero-order chi connectivity index (χ0) is 20.0. The molecule has 0 aliphatic heterocycles. The lowest BCUT2D eigenvalue weighted by atomic mass is 9.86. The van der Waals surface area contributed by atoms with Gasteiger partial charge in [-0.25, -0.2) is 0 Å². The van der Waals surface area contributed by atoms with Crippen molar-refractivity contribution in [3.05, 3.63) is 23.3 Å². The maximum atomic E-state index is 11.4. The van der Waals surface area contributed by atoms with Gasteiger partial charge in [-0.3, -0.25) is 19.2 Å². The Morgan fingerprint density at radius 1 is 0.769 bits per heavy atom. The van der Waals surface area contributed by atoms with Crippen molar-refractivity contribution < 1.29 is 49.8 Å². The lowest BCUT2D eigenvalue weighted by Crippen LogP contribution is -2.17. The van der Waals surface area contributed by atoms with Crippen LogP contribution < -0.4 is 0 Å². The second kappa shape index (κ2) is 8.70. The van der Waals surface area contributed by atoms with Crippen molar-refractivity contribution in [1.29, 1.82) is 0 Å². The van der Waals surface area contributed by atoms with Gasteiger partial charge in [0.15, 0.2) is 0 Å². The van der Waals surface area contributed by atoms with Crippen LogP contribution in [0.4, 0.5) is 0 Å². The maximum Gasteiger partial charge on any atom is 0.311 e. The molecule has 0 radical (unpaired) electrons. The van der Waals surface area contributed by atoms with Crippen molar-refractivity contribution in [1.82, 2.24) is 0 Å². The van der Waals surface area contributed by atoms with Crippen molar-refractivity contribution in [2.24, 2.45) is 0 Å². The molecule has 0 aromatic heterocycles. The fraction of sp³-hybridized carbons (Fsp3) is 0.375. The van der Waals surface area contributed by atoms with Gasteiger partial charge in [0.05, 0.1) is 17.4 Å². The highest BCUT2D eigenvalue weighted by Gasteiger charge is 2.32. The van der Waals surface area contributed by atoms with Crippen LogP contribution in [0.15, 0.2) is 12.1 Å². The highest BCUT2D eigenvalue weighted by molar-refractivity contribution is 5.82. The number of carboxylic acids is 4. The van der Waals surface area contributed by atoms with Crippen LogP contribution >= 0.6 is 0 Å². The molecule has 0 spiro atoms. The van der Waals surface area contributed by atoms with Crippen LogP contribution in [0.1, 0.15) is 48.6 Å². The van der Waals surface area contributed by atoms with E-state index in [1.54, 1.807) is 0 Å². The molecule has 26 heavy (non-hydrogen) atoms. The van der Waals surface area contributed by atoms with Crippen molar-refractivity contribution in [2.45, 2.75) is 37.5 Å². The predicted molar refractivity (Wildman–Crippen MR) is 84.3 cm³/mol. The van der Waals surface area contributed by atoms with Gasteiger partial charge in [-0.15, -0.1) is 0 Å². The van der Waals surface area contributed by atoms with Crippen LogP contribution in [0.25, 0.3) is 0 Å². The molecule has 10 nitrogen and oxygen atoms in total. The molecule has 142 valence electrons. The van der Waals surface area contributed by atoms with E-state index in [0.717, 1.165) is 12.1 Å². The number of aliphatic carboxylic acids is 4. The summed E-state index contributed by atoms with van der Waals surface area (Å²) in [6.07, 6.45) is -1.87. The van der Waals surface area contributed by atoms with Crippen LogP contribution in [-0.4, -0.2) is 54.5 Å². The molecule has 6 N–H and O–H groups in total. The number of rotatable bonds is 10. The molecule has 0 heterocycles. The zero-order valence-corrected chi connectivity index (χ0v) is 13.5. The minimum absolute atomic E-state index is 0.256. The molecule has 1 aromatic rings. The molecule has 0 fully saturated rings. The Bertz CT molecular complexity index is 724. The summed E-state index contributed by atoms with van der Waals surface area (Å²) < 4.78 is 0. The largest absolute Gasteiger partial charge is 0.508 e. The standard InChI is InChI=1S/C16H18O10/c17-10-4-1-7(8(15(23)24)2-5-11(18)19)14(22)13(10)9(16(25)26)3-6-12(20)21/h1,4,8-9,17,22H,2-3,5-6H2,(H,18,19)(H,20,21)(H,23,24)(H,25,26). The van der Waals surface area contributed by atoms with Crippen molar-refractivity contribution in [2.75, 3.05) is 0 Å². The number of benzene rings is 1. The molecule has 1 aromatic carbocycles. The second-order valence-electron chi connectivity index (χ2n) is 5.58. The van der Waals surface area contributed by atoms with Crippen LogP contribution in [0.2, 0.25) is 0 Å². The molecule has 2 unspecified atom stereocenters. The van der Waals surface area contributed by atoms with Crippen molar-refractivity contribution in [3.8, 4) is 11.5 Å². The average Bonchev–Trinajstić information content (AvgIpc) is 2.51. The van der Waals surface area contributed by atoms with Gasteiger partial charge in [-0.05, 0) is 18.9 Å². The van der Waals surface area contributed by atoms with E-state index in [4.69, 9.17) is 10.2 Å². The highest BCUT2D eigenvalue weighted by Crippen LogP contribution is 2.42. The lowest BCUT2D eigenvalue weighted by Gasteiger charge is -2.20. The third-order valence-corrected chi connectivity index (χ3v) is 3.84. The summed E-state index contributed by atoms with van der Waals surface area (Å²) in [5.41, 5.74) is -0.758. The Labute approximate surface area is 146 Å². The molecule has 0 aliphatic rings. The predicted octanol–water partition coefficient (Wildman–Crippen LogP) is 1.16. The first-order valence-electron chi connectivity index (χ1n) is 7.50. The third kappa shape index (κ3) is 5.10. The number of hydrogen-bond acceptors (Lipinski definition) is 6. The molecular formula is C16H18O10. The first-order valence-corrected chi connectivity index (χ1v) is 7.50. The maximum absolute atomic E-state index is 11.4. The summed E-state index contributed by atoms with van der Waals surface area (Å²) in [7, 11) is 0. The molecule has 0 amide bonds. The summed E-state index contributed by atoms with van der Waals surface area (Å²) in [6, 6.07) is 2.04. The van der Waals surface area contributed by atoms with Gasteiger partial charge < -0.3 is 30.6 Å². The molecule has 2 atom stereocenters. The first kappa shape index (κ1) is 20.7. The Hall–Kier alpha value is -3.30. The van der Waals surface area contributed by atoms with Crippen LogP contribution in [0.5, 0.6) is 11.5 Å². The monoisotopic (exact) mass is 370 g/mol. The van der Waals surface area contributed by atoms with Gasteiger partial charge in [0.2, 0.25) is 0 Å². The topological polar surface area (TPSA) is 190 Å². The molecule has 0 bridgehead atoms. The van der Waals surface area contributed by atoms with E-state index in [1.165, 1.54) is 0 Å². The molecule has 0 saturated heterocycles. The summed E-state index contributed by atoms with van der Waals surface area (Å²) in [4.78, 5) is 44.2. The van der Waals surface area contributed by atoms with Crippen LogP contribution in [0.3, 0.4) is 0 Å². The van der Waals surface area contributed by atoms with Gasteiger partial charge >= 0.3 is 23.9 Å². The van der Waals surface area contributed by atoms with Gasteiger partial charge in [0, 0.05) is 18.4 Å². The Kier molecular flexibility index (Phi) is 6.94. The van der Waals surface area contributed by atoms with Gasteiger partial charge in [-0.2, -0.15) is 0 Å². The summed E-state index contributed by atoms with van der Waals surface area (Å²) in [5, 5.41) is 56.3. The van der Waals surface area contributed by atoms with E-state index >= 15 is 0 Å².